The number of hydrogen-bond acceptors (Lipinski definition) is 4. The largest absolute Gasteiger partial charge is 0.389 e. The smallest absolute Gasteiger partial charge is 0.240 e. The average molecular weight is 284 g/mol. The molecule has 2 N–H and O–H groups in total. The van der Waals surface area contributed by atoms with Crippen molar-refractivity contribution in [1.82, 2.24) is 4.72 Å². The molecular weight excluding hydrogens is 271 g/mol. The lowest BCUT2D eigenvalue weighted by Gasteiger charge is -2.36. The van der Waals surface area contributed by atoms with Gasteiger partial charge in [-0.1, -0.05) is 0 Å². The molecule has 0 radical (unpaired) electrons. The monoisotopic (exact) mass is 284 g/mol. The summed E-state index contributed by atoms with van der Waals surface area (Å²) < 4.78 is 39.3. The second kappa shape index (κ2) is 4.89. The second-order valence-electron chi connectivity index (χ2n) is 4.66. The molecule has 0 spiro atoms. The van der Waals surface area contributed by atoms with Crippen LogP contribution >= 0.6 is 0 Å². The molecule has 1 aromatic carbocycles. The molecule has 5 nitrogen and oxygen atoms in total. The SMILES string of the molecule is N#Cc1cc(S(=O)(=O)NCC2(O)CCC2)ccc1F. The second-order valence-corrected chi connectivity index (χ2v) is 6.42. The van der Waals surface area contributed by atoms with Gasteiger partial charge in [-0.2, -0.15) is 5.26 Å². The Bertz CT molecular complexity index is 633. The molecule has 1 aliphatic rings. The van der Waals surface area contributed by atoms with E-state index in [1.165, 1.54) is 0 Å². The minimum absolute atomic E-state index is 0.0748. The maximum atomic E-state index is 13.1. The van der Waals surface area contributed by atoms with Gasteiger partial charge in [0.05, 0.1) is 16.1 Å². The van der Waals surface area contributed by atoms with E-state index in [9.17, 15) is 17.9 Å². The lowest BCUT2D eigenvalue weighted by Crippen LogP contribution is -2.47. The maximum absolute atomic E-state index is 13.1. The van der Waals surface area contributed by atoms with Crippen LogP contribution in [0.4, 0.5) is 4.39 Å². The number of aliphatic hydroxyl groups is 1. The van der Waals surface area contributed by atoms with E-state index in [2.05, 4.69) is 4.72 Å². The van der Waals surface area contributed by atoms with Crippen LogP contribution in [0.15, 0.2) is 23.1 Å². The highest BCUT2D eigenvalue weighted by atomic mass is 32.2. The van der Waals surface area contributed by atoms with Crippen molar-refractivity contribution >= 4 is 10.0 Å². The molecule has 0 saturated heterocycles. The summed E-state index contributed by atoms with van der Waals surface area (Å²) in [4.78, 5) is -0.187. The molecule has 1 fully saturated rings. The van der Waals surface area contributed by atoms with Crippen molar-refractivity contribution in [3.8, 4) is 6.07 Å². The number of rotatable bonds is 4. The van der Waals surface area contributed by atoms with Crippen molar-refractivity contribution in [3.05, 3.63) is 29.6 Å². The predicted molar refractivity (Wildman–Crippen MR) is 65.1 cm³/mol. The summed E-state index contributed by atoms with van der Waals surface area (Å²) in [6.07, 6.45) is 1.98. The fourth-order valence-corrected chi connectivity index (χ4v) is 2.98. The van der Waals surface area contributed by atoms with Crippen LogP contribution in [0.2, 0.25) is 0 Å². The average Bonchev–Trinajstić information content (AvgIpc) is 2.34. The van der Waals surface area contributed by atoms with Gasteiger partial charge in [-0.05, 0) is 37.5 Å². The van der Waals surface area contributed by atoms with Gasteiger partial charge in [0, 0.05) is 6.54 Å². The Morgan fingerprint density at radius 3 is 2.68 bits per heavy atom. The van der Waals surface area contributed by atoms with E-state index in [1.807, 2.05) is 0 Å². The first-order chi connectivity index (χ1) is 8.86. The van der Waals surface area contributed by atoms with Crippen LogP contribution in [0.1, 0.15) is 24.8 Å². The summed E-state index contributed by atoms with van der Waals surface area (Å²) >= 11 is 0. The molecule has 0 aliphatic heterocycles. The third-order valence-corrected chi connectivity index (χ3v) is 4.64. The van der Waals surface area contributed by atoms with E-state index in [4.69, 9.17) is 5.26 Å². The highest BCUT2D eigenvalue weighted by Gasteiger charge is 2.35. The number of nitriles is 1. The summed E-state index contributed by atoms with van der Waals surface area (Å²) in [5, 5.41) is 18.5. The number of nitrogens with one attached hydrogen (secondary N) is 1. The Balaban J connectivity index is 2.17. The molecule has 0 atom stereocenters. The molecule has 1 aromatic rings. The van der Waals surface area contributed by atoms with Crippen molar-refractivity contribution in [1.29, 1.82) is 5.26 Å². The summed E-state index contributed by atoms with van der Waals surface area (Å²) in [7, 11) is -3.85. The number of nitrogens with zero attached hydrogens (tertiary/aromatic N) is 1. The molecule has 7 heteroatoms. The van der Waals surface area contributed by atoms with Gasteiger partial charge in [0.15, 0.2) is 0 Å². The highest BCUT2D eigenvalue weighted by Crippen LogP contribution is 2.31. The van der Waals surface area contributed by atoms with E-state index in [-0.39, 0.29) is 17.0 Å². The minimum atomic E-state index is -3.85. The fourth-order valence-electron chi connectivity index (χ4n) is 1.83. The van der Waals surface area contributed by atoms with Crippen molar-refractivity contribution < 1.29 is 17.9 Å². The number of benzene rings is 1. The standard InChI is InChI=1S/C12H13FN2O3S/c13-11-3-2-10(6-9(11)7-14)19(17,18)15-8-12(16)4-1-5-12/h2-3,6,15-16H,1,4-5,8H2. The molecule has 0 aromatic heterocycles. The third kappa shape index (κ3) is 2.92. The topological polar surface area (TPSA) is 90.2 Å². The molecule has 0 amide bonds. The Kier molecular flexibility index (Phi) is 3.58. The summed E-state index contributed by atoms with van der Waals surface area (Å²) in [5.41, 5.74) is -1.31. The molecule has 0 bridgehead atoms. The summed E-state index contributed by atoms with van der Waals surface area (Å²) in [5.74, 6) is -0.765. The van der Waals surface area contributed by atoms with E-state index in [1.54, 1.807) is 6.07 Å². The molecule has 1 saturated carbocycles. The Morgan fingerprint density at radius 2 is 2.16 bits per heavy atom. The lowest BCUT2D eigenvalue weighted by molar-refractivity contribution is -0.0270. The van der Waals surface area contributed by atoms with Crippen LogP contribution in [-0.4, -0.2) is 25.7 Å². The van der Waals surface area contributed by atoms with Gasteiger partial charge in [-0.15, -0.1) is 0 Å². The summed E-state index contributed by atoms with van der Waals surface area (Å²) in [6, 6.07) is 4.58. The molecule has 0 heterocycles. The van der Waals surface area contributed by atoms with Gasteiger partial charge in [-0.3, -0.25) is 0 Å². The molecular formula is C12H13FN2O3S. The first kappa shape index (κ1) is 13.9. The van der Waals surface area contributed by atoms with Gasteiger partial charge in [0.2, 0.25) is 10.0 Å². The zero-order chi connectivity index (χ0) is 14.1. The van der Waals surface area contributed by atoms with Crippen LogP contribution in [0, 0.1) is 17.1 Å². The first-order valence-electron chi connectivity index (χ1n) is 5.78. The Labute approximate surface area is 110 Å². The van der Waals surface area contributed by atoms with Crippen LogP contribution in [0.5, 0.6) is 0 Å². The van der Waals surface area contributed by atoms with E-state index in [0.717, 1.165) is 24.6 Å². The highest BCUT2D eigenvalue weighted by molar-refractivity contribution is 7.89. The van der Waals surface area contributed by atoms with E-state index in [0.29, 0.717) is 12.8 Å². The molecule has 1 aliphatic carbocycles. The van der Waals surface area contributed by atoms with Crippen molar-refractivity contribution in [3.63, 3.8) is 0 Å². The predicted octanol–water partition coefficient (Wildman–Crippen LogP) is 0.891. The van der Waals surface area contributed by atoms with Gasteiger partial charge >= 0.3 is 0 Å². The lowest BCUT2D eigenvalue weighted by atomic mass is 9.81. The normalized spacial score (nSPS) is 17.5. The van der Waals surface area contributed by atoms with E-state index < -0.39 is 21.4 Å². The molecule has 19 heavy (non-hydrogen) atoms. The van der Waals surface area contributed by atoms with Crippen molar-refractivity contribution in [2.75, 3.05) is 6.54 Å². The third-order valence-electron chi connectivity index (χ3n) is 3.24. The quantitative estimate of drug-likeness (QED) is 0.859. The Morgan fingerprint density at radius 1 is 1.47 bits per heavy atom. The maximum Gasteiger partial charge on any atom is 0.240 e. The van der Waals surface area contributed by atoms with Crippen molar-refractivity contribution in [2.24, 2.45) is 0 Å². The van der Waals surface area contributed by atoms with Gasteiger partial charge in [0.25, 0.3) is 0 Å². The first-order valence-corrected chi connectivity index (χ1v) is 7.26. The van der Waals surface area contributed by atoms with Crippen LogP contribution in [0.25, 0.3) is 0 Å². The number of halogens is 1. The molecule has 2 rings (SSSR count). The zero-order valence-electron chi connectivity index (χ0n) is 10.1. The zero-order valence-corrected chi connectivity index (χ0v) is 10.9. The summed E-state index contributed by atoms with van der Waals surface area (Å²) in [6.45, 7) is -0.0748. The van der Waals surface area contributed by atoms with Crippen molar-refractivity contribution in [2.45, 2.75) is 29.8 Å². The van der Waals surface area contributed by atoms with E-state index >= 15 is 0 Å². The van der Waals surface area contributed by atoms with Crippen LogP contribution < -0.4 is 4.72 Å². The minimum Gasteiger partial charge on any atom is -0.389 e. The fraction of sp³-hybridized carbons (Fsp3) is 0.417. The van der Waals surface area contributed by atoms with Gasteiger partial charge < -0.3 is 5.11 Å². The molecule has 0 unspecified atom stereocenters. The Hall–Kier alpha value is -1.49. The van der Waals surface area contributed by atoms with Crippen LogP contribution in [-0.2, 0) is 10.0 Å². The van der Waals surface area contributed by atoms with Crippen LogP contribution in [0.3, 0.4) is 0 Å². The van der Waals surface area contributed by atoms with Gasteiger partial charge in [0.1, 0.15) is 11.9 Å². The number of sulfonamides is 1. The van der Waals surface area contributed by atoms with Gasteiger partial charge in [-0.25, -0.2) is 17.5 Å². The molecule has 102 valence electrons. The number of hydrogen-bond donors (Lipinski definition) is 2.